The third-order valence-corrected chi connectivity index (χ3v) is 2.90. The Hall–Kier alpha value is -2.04. The molecule has 0 aliphatic rings. The van der Waals surface area contributed by atoms with E-state index in [0.717, 1.165) is 23.2 Å². The van der Waals surface area contributed by atoms with E-state index in [1.807, 2.05) is 29.7 Å². The van der Waals surface area contributed by atoms with Crippen LogP contribution in [-0.2, 0) is 17.8 Å². The lowest BCUT2D eigenvalue weighted by Gasteiger charge is -2.05. The van der Waals surface area contributed by atoms with Gasteiger partial charge in [0.15, 0.2) is 0 Å². The molecule has 0 atom stereocenters. The van der Waals surface area contributed by atoms with Crippen LogP contribution in [0.3, 0.4) is 0 Å². The fourth-order valence-corrected chi connectivity index (χ4v) is 2.09. The van der Waals surface area contributed by atoms with Gasteiger partial charge in [-0.1, -0.05) is 6.92 Å². The first kappa shape index (κ1) is 13.4. The van der Waals surface area contributed by atoms with Crippen molar-refractivity contribution in [3.8, 4) is 5.75 Å². The van der Waals surface area contributed by atoms with Gasteiger partial charge in [-0.2, -0.15) is 0 Å². The van der Waals surface area contributed by atoms with Crippen LogP contribution in [0, 0.1) is 0 Å². The molecule has 1 heterocycles. The van der Waals surface area contributed by atoms with Gasteiger partial charge in [-0.25, -0.2) is 4.98 Å². The van der Waals surface area contributed by atoms with Gasteiger partial charge in [0.05, 0.1) is 17.6 Å². The van der Waals surface area contributed by atoms with Crippen molar-refractivity contribution in [2.45, 2.75) is 33.2 Å². The Kier molecular flexibility index (Phi) is 4.04. The fraction of sp³-hybridized carbons (Fsp3) is 0.429. The zero-order valence-electron chi connectivity index (χ0n) is 11.2. The molecule has 2 rings (SSSR count). The highest BCUT2D eigenvalue weighted by Gasteiger charge is 2.13. The second kappa shape index (κ2) is 5.73. The molecule has 5 nitrogen and oxygen atoms in total. The Labute approximate surface area is 111 Å². The molecule has 102 valence electrons. The van der Waals surface area contributed by atoms with Gasteiger partial charge in [0.1, 0.15) is 18.0 Å². The SMILES string of the molecule is CCCOc1ccc2c(c1)nc(CC(=O)O)n2CC. The molecule has 0 bridgehead atoms. The van der Waals surface area contributed by atoms with Gasteiger partial charge >= 0.3 is 5.97 Å². The molecule has 0 saturated carbocycles. The van der Waals surface area contributed by atoms with Crippen molar-refractivity contribution in [2.24, 2.45) is 0 Å². The normalized spacial score (nSPS) is 10.8. The number of hydrogen-bond donors (Lipinski definition) is 1. The van der Waals surface area contributed by atoms with Crippen molar-refractivity contribution in [1.29, 1.82) is 0 Å². The van der Waals surface area contributed by atoms with E-state index in [1.54, 1.807) is 0 Å². The molecular weight excluding hydrogens is 244 g/mol. The second-order valence-electron chi connectivity index (χ2n) is 4.34. The van der Waals surface area contributed by atoms with Gasteiger partial charge in [0.25, 0.3) is 0 Å². The molecule has 0 aliphatic carbocycles. The summed E-state index contributed by atoms with van der Waals surface area (Å²) >= 11 is 0. The van der Waals surface area contributed by atoms with Gasteiger partial charge in [-0.15, -0.1) is 0 Å². The number of carboxylic acid groups (broad SMARTS) is 1. The van der Waals surface area contributed by atoms with Crippen LogP contribution in [-0.4, -0.2) is 27.2 Å². The van der Waals surface area contributed by atoms with E-state index in [1.165, 1.54) is 0 Å². The molecule has 1 N–H and O–H groups in total. The summed E-state index contributed by atoms with van der Waals surface area (Å²) in [5.41, 5.74) is 1.73. The lowest BCUT2D eigenvalue weighted by Crippen LogP contribution is -2.08. The molecule has 5 heteroatoms. The standard InChI is InChI=1S/C14H18N2O3/c1-3-7-19-10-5-6-12-11(8-10)15-13(9-14(17)18)16(12)4-2/h5-6,8H,3-4,7,9H2,1-2H3,(H,17,18). The van der Waals surface area contributed by atoms with Crippen molar-refractivity contribution >= 4 is 17.0 Å². The average molecular weight is 262 g/mol. The predicted octanol–water partition coefficient (Wildman–Crippen LogP) is 2.47. The number of benzene rings is 1. The van der Waals surface area contributed by atoms with E-state index in [9.17, 15) is 4.79 Å². The summed E-state index contributed by atoms with van der Waals surface area (Å²) in [5.74, 6) is 0.488. The third kappa shape index (κ3) is 2.86. The topological polar surface area (TPSA) is 64.3 Å². The van der Waals surface area contributed by atoms with Crippen LogP contribution in [0.1, 0.15) is 26.1 Å². The first-order valence-electron chi connectivity index (χ1n) is 6.49. The van der Waals surface area contributed by atoms with Gasteiger partial charge in [0, 0.05) is 12.6 Å². The predicted molar refractivity (Wildman–Crippen MR) is 72.5 cm³/mol. The quantitative estimate of drug-likeness (QED) is 0.868. The monoisotopic (exact) mass is 262 g/mol. The summed E-state index contributed by atoms with van der Waals surface area (Å²) in [4.78, 5) is 15.2. The van der Waals surface area contributed by atoms with Crippen LogP contribution in [0.5, 0.6) is 5.75 Å². The summed E-state index contributed by atoms with van der Waals surface area (Å²) in [6, 6.07) is 5.70. The zero-order chi connectivity index (χ0) is 13.8. The Balaban J connectivity index is 2.40. The smallest absolute Gasteiger partial charge is 0.311 e. The number of ether oxygens (including phenoxy) is 1. The van der Waals surface area contributed by atoms with Gasteiger partial charge in [-0.3, -0.25) is 4.79 Å². The number of rotatable bonds is 6. The maximum Gasteiger partial charge on any atom is 0.311 e. The number of aryl methyl sites for hydroxylation is 1. The van der Waals surface area contributed by atoms with Crippen LogP contribution >= 0.6 is 0 Å². The molecular formula is C14H18N2O3. The summed E-state index contributed by atoms with van der Waals surface area (Å²) < 4.78 is 7.49. The summed E-state index contributed by atoms with van der Waals surface area (Å²) in [5, 5.41) is 8.90. The molecule has 0 saturated heterocycles. The van der Waals surface area contributed by atoms with E-state index in [4.69, 9.17) is 9.84 Å². The molecule has 2 aromatic rings. The lowest BCUT2D eigenvalue weighted by molar-refractivity contribution is -0.136. The maximum absolute atomic E-state index is 10.8. The molecule has 0 amide bonds. The second-order valence-corrected chi connectivity index (χ2v) is 4.34. The van der Waals surface area contributed by atoms with E-state index < -0.39 is 5.97 Å². The van der Waals surface area contributed by atoms with E-state index in [0.29, 0.717) is 19.0 Å². The highest BCUT2D eigenvalue weighted by atomic mass is 16.5. The Morgan fingerprint density at radius 2 is 2.21 bits per heavy atom. The number of carbonyl (C=O) groups is 1. The zero-order valence-corrected chi connectivity index (χ0v) is 11.2. The van der Waals surface area contributed by atoms with Crippen LogP contribution in [0.2, 0.25) is 0 Å². The molecule has 1 aromatic carbocycles. The number of aliphatic carboxylic acids is 1. The molecule has 0 spiro atoms. The highest BCUT2D eigenvalue weighted by Crippen LogP contribution is 2.22. The lowest BCUT2D eigenvalue weighted by atomic mass is 10.3. The number of carboxylic acids is 1. The van der Waals surface area contributed by atoms with E-state index in [2.05, 4.69) is 11.9 Å². The first-order valence-corrected chi connectivity index (χ1v) is 6.49. The van der Waals surface area contributed by atoms with Crippen LogP contribution in [0.15, 0.2) is 18.2 Å². The minimum Gasteiger partial charge on any atom is -0.494 e. The molecule has 19 heavy (non-hydrogen) atoms. The minimum absolute atomic E-state index is 0.0618. The Morgan fingerprint density at radius 3 is 2.84 bits per heavy atom. The molecule has 0 radical (unpaired) electrons. The first-order chi connectivity index (χ1) is 9.15. The highest BCUT2D eigenvalue weighted by molar-refractivity contribution is 5.79. The number of hydrogen-bond acceptors (Lipinski definition) is 3. The van der Waals surface area contributed by atoms with Crippen molar-refractivity contribution in [2.75, 3.05) is 6.61 Å². The van der Waals surface area contributed by atoms with Crippen molar-refractivity contribution < 1.29 is 14.6 Å². The Morgan fingerprint density at radius 1 is 1.42 bits per heavy atom. The largest absolute Gasteiger partial charge is 0.494 e. The van der Waals surface area contributed by atoms with Crippen LogP contribution < -0.4 is 4.74 Å². The maximum atomic E-state index is 10.8. The molecule has 0 fully saturated rings. The van der Waals surface area contributed by atoms with Crippen molar-refractivity contribution in [3.05, 3.63) is 24.0 Å². The Bertz CT molecular complexity index is 590. The summed E-state index contributed by atoms with van der Waals surface area (Å²) in [7, 11) is 0. The van der Waals surface area contributed by atoms with Crippen LogP contribution in [0.4, 0.5) is 0 Å². The van der Waals surface area contributed by atoms with Crippen molar-refractivity contribution in [1.82, 2.24) is 9.55 Å². The summed E-state index contributed by atoms with van der Waals surface area (Å²) in [6.07, 6.45) is 0.888. The van der Waals surface area contributed by atoms with Gasteiger partial charge < -0.3 is 14.4 Å². The minimum atomic E-state index is -0.868. The summed E-state index contributed by atoms with van der Waals surface area (Å²) in [6.45, 7) is 5.40. The number of fused-ring (bicyclic) bond motifs is 1. The molecule has 0 aliphatic heterocycles. The molecule has 0 unspecified atom stereocenters. The van der Waals surface area contributed by atoms with Gasteiger partial charge in [-0.05, 0) is 25.5 Å². The number of imidazole rings is 1. The third-order valence-electron chi connectivity index (χ3n) is 2.90. The average Bonchev–Trinajstić information content (AvgIpc) is 2.71. The van der Waals surface area contributed by atoms with Gasteiger partial charge in [0.2, 0.25) is 0 Å². The van der Waals surface area contributed by atoms with Crippen molar-refractivity contribution in [3.63, 3.8) is 0 Å². The fourth-order valence-electron chi connectivity index (χ4n) is 2.09. The number of nitrogens with zero attached hydrogens (tertiary/aromatic N) is 2. The van der Waals surface area contributed by atoms with E-state index >= 15 is 0 Å². The van der Waals surface area contributed by atoms with E-state index in [-0.39, 0.29) is 6.42 Å². The number of aromatic nitrogens is 2. The molecule has 1 aromatic heterocycles. The van der Waals surface area contributed by atoms with Crippen LogP contribution in [0.25, 0.3) is 11.0 Å².